The third-order valence-electron chi connectivity index (χ3n) is 13.0. The molecule has 0 aromatic heterocycles. The minimum absolute atomic E-state index is 0.0810. The van der Waals surface area contributed by atoms with E-state index in [4.69, 9.17) is 10.5 Å². The number of carbonyl (C=O) groups excluding carboxylic acids is 1. The van der Waals surface area contributed by atoms with Crippen molar-refractivity contribution in [1.82, 2.24) is 16.0 Å². The van der Waals surface area contributed by atoms with E-state index in [1.807, 2.05) is 0 Å². The van der Waals surface area contributed by atoms with Crippen molar-refractivity contribution in [3.8, 4) is 0 Å². The highest BCUT2D eigenvalue weighted by molar-refractivity contribution is 5.69. The Bertz CT molecular complexity index is 828. The highest BCUT2D eigenvalue weighted by atomic mass is 16.5. The first kappa shape index (κ1) is 34.1. The lowest BCUT2D eigenvalue weighted by atomic mass is 9.43. The maximum atomic E-state index is 11.8. The number of rotatable bonds is 17. The van der Waals surface area contributed by atoms with Crippen molar-refractivity contribution in [3.63, 3.8) is 0 Å². The van der Waals surface area contributed by atoms with Gasteiger partial charge in [0, 0.05) is 12.5 Å². The van der Waals surface area contributed by atoms with Crippen LogP contribution in [0.4, 0.5) is 0 Å². The van der Waals surface area contributed by atoms with Gasteiger partial charge in [-0.3, -0.25) is 4.79 Å². The molecule has 0 aliphatic heterocycles. The second kappa shape index (κ2) is 16.0. The molecule has 0 aromatic rings. The number of methoxy groups -OCH3 is 1. The normalized spacial score (nSPS) is 38.4. The van der Waals surface area contributed by atoms with E-state index < -0.39 is 0 Å². The summed E-state index contributed by atoms with van der Waals surface area (Å²) in [5.41, 5.74) is 6.21. The van der Waals surface area contributed by atoms with E-state index in [1.165, 1.54) is 71.3 Å². The van der Waals surface area contributed by atoms with Crippen molar-refractivity contribution in [1.29, 1.82) is 0 Å². The topological polar surface area (TPSA) is 109 Å². The average Bonchev–Trinajstić information content (AvgIpc) is 3.34. The van der Waals surface area contributed by atoms with Crippen LogP contribution in [0.2, 0.25) is 0 Å². The Morgan fingerprint density at radius 3 is 2.29 bits per heavy atom. The van der Waals surface area contributed by atoms with Gasteiger partial charge in [-0.15, -0.1) is 0 Å². The summed E-state index contributed by atoms with van der Waals surface area (Å²) in [7, 11) is 1.50. The van der Waals surface area contributed by atoms with E-state index in [0.29, 0.717) is 58.8 Å². The number of ether oxygens (including phenoxy) is 1. The van der Waals surface area contributed by atoms with Crippen LogP contribution in [-0.2, 0) is 9.53 Å². The van der Waals surface area contributed by atoms with Crippen molar-refractivity contribution in [2.45, 2.75) is 123 Å². The summed E-state index contributed by atoms with van der Waals surface area (Å²) < 4.78 is 4.93. The molecule has 4 saturated carbocycles. The second-order valence-corrected chi connectivity index (χ2v) is 15.2. The first-order valence-corrected chi connectivity index (χ1v) is 17.8. The number of esters is 1. The van der Waals surface area contributed by atoms with Crippen LogP contribution in [0.25, 0.3) is 0 Å². The largest absolute Gasteiger partial charge is 0.469 e. The summed E-state index contributed by atoms with van der Waals surface area (Å²) in [6.07, 6.45) is 15.9. The summed E-state index contributed by atoms with van der Waals surface area (Å²) in [5, 5.41) is 22.7. The molecule has 5 unspecified atom stereocenters. The number of nitrogens with one attached hydrogen (secondary N) is 3. The highest BCUT2D eigenvalue weighted by Crippen LogP contribution is 2.68. The zero-order valence-corrected chi connectivity index (χ0v) is 27.6. The van der Waals surface area contributed by atoms with Crippen LogP contribution < -0.4 is 21.7 Å². The fourth-order valence-corrected chi connectivity index (χ4v) is 10.5. The average molecular weight is 591 g/mol. The summed E-state index contributed by atoms with van der Waals surface area (Å²) >= 11 is 0. The van der Waals surface area contributed by atoms with E-state index in [1.54, 1.807) is 0 Å². The van der Waals surface area contributed by atoms with E-state index in [-0.39, 0.29) is 12.1 Å². The minimum atomic E-state index is -0.152. The Balaban J connectivity index is 1.20. The number of carbonyl (C=O) groups is 1. The van der Waals surface area contributed by atoms with E-state index >= 15 is 0 Å². The summed E-state index contributed by atoms with van der Waals surface area (Å²) in [5.74, 6) is 3.49. The van der Waals surface area contributed by atoms with Gasteiger partial charge in [0.2, 0.25) is 0 Å². The molecule has 244 valence electrons. The number of hydrogen-bond donors (Lipinski definition) is 5. The van der Waals surface area contributed by atoms with E-state index in [9.17, 15) is 9.90 Å². The van der Waals surface area contributed by atoms with Gasteiger partial charge in [0.15, 0.2) is 0 Å². The molecule has 4 rings (SSSR count). The van der Waals surface area contributed by atoms with Crippen LogP contribution in [0.5, 0.6) is 0 Å². The first-order chi connectivity index (χ1) is 20.2. The molecule has 0 spiro atoms. The van der Waals surface area contributed by atoms with Gasteiger partial charge >= 0.3 is 5.97 Å². The number of hydrogen-bond acceptors (Lipinski definition) is 7. The Hall–Kier alpha value is -0.730. The van der Waals surface area contributed by atoms with Gasteiger partial charge in [-0.2, -0.15) is 0 Å². The molecule has 6 N–H and O–H groups in total. The summed E-state index contributed by atoms with van der Waals surface area (Å²) in [6, 6.07) is 0.604. The van der Waals surface area contributed by atoms with Gasteiger partial charge in [0.05, 0.1) is 13.2 Å². The van der Waals surface area contributed by atoms with Crippen LogP contribution in [0, 0.1) is 46.3 Å². The summed E-state index contributed by atoms with van der Waals surface area (Å²) in [4.78, 5) is 11.8. The molecular formula is C35H66N4O3. The standard InChI is InChI=1S/C35H66N4O3/c1-25(9-12-32(41)42-4)28-10-11-29-33-30(14-16-35(28,29)3)34(2)15-13-27(23-26(34)24-31(33)40)39-22-8-21-38-19-6-5-18-37-20-7-17-36/h25-31,33,37-40H,5-24,36H2,1-4H3/t25?,26-,27+,28-,29?,30?,31?,33?,34+,35-/m1/s1. The van der Waals surface area contributed by atoms with Gasteiger partial charge in [-0.1, -0.05) is 20.8 Å². The number of fused-ring (bicyclic) bond motifs is 5. The predicted molar refractivity (Wildman–Crippen MR) is 172 cm³/mol. The quantitative estimate of drug-likeness (QED) is 0.122. The molecule has 0 radical (unpaired) electrons. The fraction of sp³-hybridized carbons (Fsp3) is 0.971. The maximum absolute atomic E-state index is 11.8. The van der Waals surface area contributed by atoms with Crippen LogP contribution in [-0.4, -0.2) is 69.6 Å². The maximum Gasteiger partial charge on any atom is 0.305 e. The lowest BCUT2D eigenvalue weighted by Crippen LogP contribution is -2.59. The second-order valence-electron chi connectivity index (χ2n) is 15.2. The molecule has 4 aliphatic carbocycles. The molecule has 42 heavy (non-hydrogen) atoms. The van der Waals surface area contributed by atoms with Gasteiger partial charge in [0.1, 0.15) is 0 Å². The van der Waals surface area contributed by atoms with Crippen LogP contribution in [0.1, 0.15) is 111 Å². The van der Waals surface area contributed by atoms with Crippen LogP contribution in [0.3, 0.4) is 0 Å². The van der Waals surface area contributed by atoms with Crippen molar-refractivity contribution in [2.24, 2.45) is 52.1 Å². The number of nitrogens with two attached hydrogens (primary N) is 1. The van der Waals surface area contributed by atoms with Crippen molar-refractivity contribution in [2.75, 3.05) is 46.4 Å². The lowest BCUT2D eigenvalue weighted by molar-refractivity contribution is -0.167. The smallest absolute Gasteiger partial charge is 0.305 e. The predicted octanol–water partition coefficient (Wildman–Crippen LogP) is 4.86. The number of aliphatic hydroxyl groups is 1. The molecule has 0 amide bonds. The Morgan fingerprint density at radius 1 is 0.905 bits per heavy atom. The molecule has 7 heteroatoms. The van der Waals surface area contributed by atoms with E-state index in [2.05, 4.69) is 36.7 Å². The Labute approximate surface area is 257 Å². The molecule has 7 nitrogen and oxygen atoms in total. The molecule has 10 atom stereocenters. The SMILES string of the molecule is COC(=O)CCC(C)[C@H]1CCC2C3C(O)C[C@H]4C[C@@H](NCCCNCCCCNCCCN)CC[C@]4(C)C3CC[C@@]21C. The van der Waals surface area contributed by atoms with Crippen molar-refractivity contribution in [3.05, 3.63) is 0 Å². The Kier molecular flexibility index (Phi) is 13.0. The van der Waals surface area contributed by atoms with Gasteiger partial charge in [-0.25, -0.2) is 0 Å². The van der Waals surface area contributed by atoms with Crippen LogP contribution >= 0.6 is 0 Å². The molecule has 0 heterocycles. The molecule has 0 bridgehead atoms. The Morgan fingerprint density at radius 2 is 1.57 bits per heavy atom. The molecule has 0 saturated heterocycles. The molecule has 0 aromatic carbocycles. The fourth-order valence-electron chi connectivity index (χ4n) is 10.5. The van der Waals surface area contributed by atoms with Crippen molar-refractivity contribution >= 4 is 5.97 Å². The van der Waals surface area contributed by atoms with E-state index in [0.717, 1.165) is 58.5 Å². The lowest BCUT2D eigenvalue weighted by Gasteiger charge is -2.62. The number of unbranched alkanes of at least 4 members (excludes halogenated alkanes) is 1. The monoisotopic (exact) mass is 591 g/mol. The van der Waals surface area contributed by atoms with Crippen molar-refractivity contribution < 1.29 is 14.6 Å². The first-order valence-electron chi connectivity index (χ1n) is 17.8. The molecule has 4 aliphatic rings. The van der Waals surface area contributed by atoms with Gasteiger partial charge in [-0.05, 0) is 169 Å². The van der Waals surface area contributed by atoms with Crippen LogP contribution in [0.15, 0.2) is 0 Å². The molecule has 4 fully saturated rings. The van der Waals surface area contributed by atoms with Gasteiger partial charge in [0.25, 0.3) is 0 Å². The zero-order valence-electron chi connectivity index (χ0n) is 27.6. The third-order valence-corrected chi connectivity index (χ3v) is 13.0. The third kappa shape index (κ3) is 7.91. The zero-order chi connectivity index (χ0) is 30.2. The minimum Gasteiger partial charge on any atom is -0.469 e. The number of aliphatic hydroxyl groups excluding tert-OH is 1. The van der Waals surface area contributed by atoms with Gasteiger partial charge < -0.3 is 31.5 Å². The molecular weight excluding hydrogens is 524 g/mol. The summed E-state index contributed by atoms with van der Waals surface area (Å²) in [6.45, 7) is 13.7. The highest BCUT2D eigenvalue weighted by Gasteiger charge is 2.62.